The molecule has 2 aromatic rings. The highest BCUT2D eigenvalue weighted by atomic mass is 35.5. The van der Waals surface area contributed by atoms with E-state index in [1.807, 2.05) is 0 Å². The molecule has 1 N–H and O–H groups in total. The maximum Gasteiger partial charge on any atom is 0.243 e. The number of hydrogen-bond donors (Lipinski definition) is 1. The van der Waals surface area contributed by atoms with E-state index < -0.39 is 38.4 Å². The van der Waals surface area contributed by atoms with Crippen LogP contribution in [-0.4, -0.2) is 37.3 Å². The number of halogens is 4. The molecule has 0 saturated carbocycles. The number of nitrogens with zero attached hydrogens (tertiary/aromatic N) is 2. The lowest BCUT2D eigenvalue weighted by Gasteiger charge is -2.35. The second kappa shape index (κ2) is 7.69. The molecule has 136 valence electrons. The van der Waals surface area contributed by atoms with Gasteiger partial charge in [0.1, 0.15) is 0 Å². The van der Waals surface area contributed by atoms with Crippen molar-refractivity contribution >= 4 is 22.4 Å². The normalized spacial score (nSPS) is 18.6. The molecule has 10 heteroatoms. The summed E-state index contributed by atoms with van der Waals surface area (Å²) in [6.07, 6.45) is 3.09. The number of pyridine rings is 1. The Morgan fingerprint density at radius 2 is 1.88 bits per heavy atom. The first-order valence-electron chi connectivity index (χ1n) is 7.18. The van der Waals surface area contributed by atoms with E-state index in [2.05, 4.69) is 10.3 Å². The van der Waals surface area contributed by atoms with Gasteiger partial charge in [0.15, 0.2) is 17.5 Å². The molecule has 25 heavy (non-hydrogen) atoms. The molecule has 1 fully saturated rings. The van der Waals surface area contributed by atoms with Crippen LogP contribution in [0.5, 0.6) is 0 Å². The Balaban J connectivity index is 0.00000225. The van der Waals surface area contributed by atoms with Crippen molar-refractivity contribution in [3.8, 4) is 0 Å². The van der Waals surface area contributed by atoms with E-state index >= 15 is 0 Å². The quantitative estimate of drug-likeness (QED) is 0.812. The monoisotopic (exact) mass is 393 g/mol. The van der Waals surface area contributed by atoms with Crippen LogP contribution in [0, 0.1) is 17.5 Å². The zero-order valence-corrected chi connectivity index (χ0v) is 14.5. The van der Waals surface area contributed by atoms with Crippen molar-refractivity contribution < 1.29 is 21.6 Å². The second-order valence-corrected chi connectivity index (χ2v) is 7.21. The average molecular weight is 394 g/mol. The van der Waals surface area contributed by atoms with Crippen molar-refractivity contribution in [2.45, 2.75) is 10.9 Å². The van der Waals surface area contributed by atoms with Crippen molar-refractivity contribution in [1.29, 1.82) is 0 Å². The molecular formula is C15H15ClF3N3O2S. The van der Waals surface area contributed by atoms with Gasteiger partial charge < -0.3 is 5.32 Å². The molecule has 1 aliphatic rings. The molecule has 1 unspecified atom stereocenters. The smallest absolute Gasteiger partial charge is 0.243 e. The molecule has 1 atom stereocenters. The first-order chi connectivity index (χ1) is 11.4. The van der Waals surface area contributed by atoms with Gasteiger partial charge in [-0.05, 0) is 23.8 Å². The fourth-order valence-electron chi connectivity index (χ4n) is 2.65. The van der Waals surface area contributed by atoms with Crippen LogP contribution in [0.4, 0.5) is 13.2 Å². The standard InChI is InChI=1S/C15H14F3N3O2S.ClH/c16-12-6-11(7-13(17)15(12)18)24(22,23)21-5-4-20-9-14(21)10-2-1-3-19-8-10;/h1-3,6-8,14,20H,4-5,9H2;1H. The van der Waals surface area contributed by atoms with Gasteiger partial charge in [-0.25, -0.2) is 21.6 Å². The van der Waals surface area contributed by atoms with E-state index in [4.69, 9.17) is 0 Å². The van der Waals surface area contributed by atoms with Crippen molar-refractivity contribution in [3.05, 3.63) is 59.7 Å². The Labute approximate surface area is 149 Å². The Bertz CT molecular complexity index is 829. The van der Waals surface area contributed by atoms with Crippen LogP contribution < -0.4 is 5.32 Å². The number of hydrogen-bond acceptors (Lipinski definition) is 4. The van der Waals surface area contributed by atoms with Crippen LogP contribution in [-0.2, 0) is 10.0 Å². The van der Waals surface area contributed by atoms with Gasteiger partial charge in [0.25, 0.3) is 0 Å². The summed E-state index contributed by atoms with van der Waals surface area (Å²) in [4.78, 5) is 3.35. The van der Waals surface area contributed by atoms with Crippen LogP contribution >= 0.6 is 12.4 Å². The van der Waals surface area contributed by atoms with Crippen LogP contribution in [0.25, 0.3) is 0 Å². The lowest BCUT2D eigenvalue weighted by molar-refractivity contribution is 0.271. The molecule has 0 radical (unpaired) electrons. The summed E-state index contributed by atoms with van der Waals surface area (Å²) in [7, 11) is -4.20. The first-order valence-corrected chi connectivity index (χ1v) is 8.62. The molecule has 0 spiro atoms. The maximum absolute atomic E-state index is 13.4. The SMILES string of the molecule is Cl.O=S(=O)(c1cc(F)c(F)c(F)c1)N1CCNCC1c1cccnc1. The molecule has 0 aliphatic carbocycles. The number of piperazine rings is 1. The Morgan fingerprint density at radius 3 is 2.48 bits per heavy atom. The maximum atomic E-state index is 13.4. The van der Waals surface area contributed by atoms with Gasteiger partial charge in [0.2, 0.25) is 10.0 Å². The highest BCUT2D eigenvalue weighted by Crippen LogP contribution is 2.29. The lowest BCUT2D eigenvalue weighted by atomic mass is 10.1. The largest absolute Gasteiger partial charge is 0.313 e. The van der Waals surface area contributed by atoms with Gasteiger partial charge >= 0.3 is 0 Å². The van der Waals surface area contributed by atoms with Gasteiger partial charge in [-0.2, -0.15) is 4.31 Å². The third kappa shape index (κ3) is 3.79. The Kier molecular flexibility index (Phi) is 6.04. The van der Waals surface area contributed by atoms with E-state index in [-0.39, 0.29) is 19.0 Å². The van der Waals surface area contributed by atoms with Crippen molar-refractivity contribution in [2.24, 2.45) is 0 Å². The number of rotatable bonds is 3. The number of nitrogens with one attached hydrogen (secondary N) is 1. The summed E-state index contributed by atoms with van der Waals surface area (Å²) in [6, 6.07) is 3.81. The summed E-state index contributed by atoms with van der Waals surface area (Å²) < 4.78 is 66.7. The van der Waals surface area contributed by atoms with Crippen molar-refractivity contribution in [2.75, 3.05) is 19.6 Å². The predicted octanol–water partition coefficient (Wildman–Crippen LogP) is 2.26. The van der Waals surface area contributed by atoms with E-state index in [0.717, 1.165) is 4.31 Å². The third-order valence-corrected chi connectivity index (χ3v) is 5.71. The number of benzene rings is 1. The first kappa shape index (κ1) is 19.6. The van der Waals surface area contributed by atoms with Gasteiger partial charge in [-0.15, -0.1) is 12.4 Å². The van der Waals surface area contributed by atoms with Gasteiger partial charge in [0, 0.05) is 32.0 Å². The fourth-order valence-corrected chi connectivity index (χ4v) is 4.29. The summed E-state index contributed by atoms with van der Waals surface area (Å²) in [5, 5.41) is 3.08. The summed E-state index contributed by atoms with van der Waals surface area (Å²) in [5.74, 6) is -4.78. The zero-order chi connectivity index (χ0) is 17.3. The second-order valence-electron chi connectivity index (χ2n) is 5.32. The van der Waals surface area contributed by atoms with E-state index in [1.54, 1.807) is 18.3 Å². The fraction of sp³-hybridized carbons (Fsp3) is 0.267. The number of aromatic nitrogens is 1. The van der Waals surface area contributed by atoms with Gasteiger partial charge in [0.05, 0.1) is 10.9 Å². The minimum absolute atomic E-state index is 0. The average Bonchev–Trinajstić information content (AvgIpc) is 2.60. The highest BCUT2D eigenvalue weighted by molar-refractivity contribution is 7.89. The minimum Gasteiger partial charge on any atom is -0.313 e. The van der Waals surface area contributed by atoms with Crippen molar-refractivity contribution in [3.63, 3.8) is 0 Å². The molecule has 5 nitrogen and oxygen atoms in total. The molecule has 2 heterocycles. The molecule has 3 rings (SSSR count). The third-order valence-electron chi connectivity index (χ3n) is 3.83. The number of sulfonamides is 1. The van der Waals surface area contributed by atoms with E-state index in [1.165, 1.54) is 6.20 Å². The molecular weight excluding hydrogens is 379 g/mol. The molecule has 1 aromatic heterocycles. The summed E-state index contributed by atoms with van der Waals surface area (Å²) in [6.45, 7) is 0.835. The highest BCUT2D eigenvalue weighted by Gasteiger charge is 2.35. The molecule has 0 amide bonds. The van der Waals surface area contributed by atoms with E-state index in [9.17, 15) is 21.6 Å². The van der Waals surface area contributed by atoms with Gasteiger partial charge in [-0.3, -0.25) is 4.98 Å². The van der Waals surface area contributed by atoms with Crippen molar-refractivity contribution in [1.82, 2.24) is 14.6 Å². The summed E-state index contributed by atoms with van der Waals surface area (Å²) in [5.41, 5.74) is 0.649. The van der Waals surface area contributed by atoms with Crippen LogP contribution in [0.3, 0.4) is 0 Å². The summed E-state index contributed by atoms with van der Waals surface area (Å²) >= 11 is 0. The molecule has 1 aromatic carbocycles. The minimum atomic E-state index is -4.20. The molecule has 1 saturated heterocycles. The van der Waals surface area contributed by atoms with Crippen LogP contribution in [0.1, 0.15) is 11.6 Å². The Hall–Kier alpha value is -1.68. The Morgan fingerprint density at radius 1 is 1.20 bits per heavy atom. The van der Waals surface area contributed by atoms with Gasteiger partial charge in [-0.1, -0.05) is 6.07 Å². The molecule has 0 bridgehead atoms. The predicted molar refractivity (Wildman–Crippen MR) is 87.3 cm³/mol. The topological polar surface area (TPSA) is 62.3 Å². The van der Waals surface area contributed by atoms with Crippen LogP contribution in [0.2, 0.25) is 0 Å². The van der Waals surface area contributed by atoms with Crippen LogP contribution in [0.15, 0.2) is 41.6 Å². The van der Waals surface area contributed by atoms with E-state index in [0.29, 0.717) is 30.8 Å². The zero-order valence-electron chi connectivity index (χ0n) is 12.8. The molecule has 1 aliphatic heterocycles. The lowest BCUT2D eigenvalue weighted by Crippen LogP contribution is -2.48.